The lowest BCUT2D eigenvalue weighted by Crippen LogP contribution is -2.30. The highest BCUT2D eigenvalue weighted by molar-refractivity contribution is 4.91. The SMILES string of the molecule is CC1CCC=C=CCC1COC(C)(C)CCO. The van der Waals surface area contributed by atoms with Crippen molar-refractivity contribution in [2.24, 2.45) is 11.8 Å². The molecule has 2 heteroatoms. The van der Waals surface area contributed by atoms with Crippen molar-refractivity contribution in [2.45, 2.75) is 52.1 Å². The number of ether oxygens (including phenoxy) is 1. The fourth-order valence-electron chi connectivity index (χ4n) is 2.11. The number of hydrogen-bond acceptors (Lipinski definition) is 2. The van der Waals surface area contributed by atoms with Crippen molar-refractivity contribution in [1.29, 1.82) is 0 Å². The van der Waals surface area contributed by atoms with E-state index >= 15 is 0 Å². The summed E-state index contributed by atoms with van der Waals surface area (Å²) in [7, 11) is 0. The molecule has 1 aliphatic carbocycles. The van der Waals surface area contributed by atoms with Crippen LogP contribution in [0.25, 0.3) is 0 Å². The normalized spacial score (nSPS) is 25.6. The van der Waals surface area contributed by atoms with Crippen LogP contribution in [-0.4, -0.2) is 23.9 Å². The first-order chi connectivity index (χ1) is 8.05. The number of allylic oxidation sites excluding steroid dienone is 1. The Balaban J connectivity index is 2.45. The molecule has 17 heavy (non-hydrogen) atoms. The van der Waals surface area contributed by atoms with E-state index in [1.54, 1.807) is 0 Å². The molecule has 2 atom stereocenters. The molecule has 0 bridgehead atoms. The van der Waals surface area contributed by atoms with Crippen molar-refractivity contribution in [2.75, 3.05) is 13.2 Å². The molecular weight excluding hydrogens is 212 g/mol. The van der Waals surface area contributed by atoms with Crippen LogP contribution < -0.4 is 0 Å². The fourth-order valence-corrected chi connectivity index (χ4v) is 2.11. The molecule has 1 N–H and O–H groups in total. The number of hydrogen-bond donors (Lipinski definition) is 1. The summed E-state index contributed by atoms with van der Waals surface area (Å²) in [5.74, 6) is 1.27. The van der Waals surface area contributed by atoms with Gasteiger partial charge in [-0.3, -0.25) is 0 Å². The molecule has 0 saturated heterocycles. The van der Waals surface area contributed by atoms with Gasteiger partial charge in [0.1, 0.15) is 0 Å². The van der Waals surface area contributed by atoms with Gasteiger partial charge in [0.2, 0.25) is 0 Å². The molecule has 0 fully saturated rings. The van der Waals surface area contributed by atoms with E-state index in [0.717, 1.165) is 19.4 Å². The van der Waals surface area contributed by atoms with Gasteiger partial charge in [0.15, 0.2) is 0 Å². The van der Waals surface area contributed by atoms with Crippen LogP contribution in [0.4, 0.5) is 0 Å². The molecule has 0 aromatic carbocycles. The molecule has 1 rings (SSSR count). The quantitative estimate of drug-likeness (QED) is 0.745. The summed E-state index contributed by atoms with van der Waals surface area (Å²) < 4.78 is 5.96. The van der Waals surface area contributed by atoms with Crippen LogP contribution >= 0.6 is 0 Å². The first-order valence-electron chi connectivity index (χ1n) is 6.69. The van der Waals surface area contributed by atoms with Gasteiger partial charge in [0.25, 0.3) is 0 Å². The molecule has 2 unspecified atom stereocenters. The Morgan fingerprint density at radius 1 is 1.41 bits per heavy atom. The fraction of sp³-hybridized carbons (Fsp3) is 0.800. The van der Waals surface area contributed by atoms with Crippen LogP contribution in [0.5, 0.6) is 0 Å². The first-order valence-corrected chi connectivity index (χ1v) is 6.69. The van der Waals surface area contributed by atoms with Crippen LogP contribution in [0.1, 0.15) is 46.5 Å². The predicted molar refractivity (Wildman–Crippen MR) is 70.9 cm³/mol. The van der Waals surface area contributed by atoms with Crippen LogP contribution in [0.15, 0.2) is 17.9 Å². The standard InChI is InChI=1S/C15H26O2/c1-13-8-6-4-5-7-9-14(13)12-17-15(2,3)10-11-16/h4,7,13-14,16H,6,8-12H2,1-3H3. The monoisotopic (exact) mass is 238 g/mol. The topological polar surface area (TPSA) is 29.5 Å². The molecule has 0 spiro atoms. The lowest BCUT2D eigenvalue weighted by molar-refractivity contribution is -0.0554. The van der Waals surface area contributed by atoms with Crippen LogP contribution in [0.2, 0.25) is 0 Å². The maximum atomic E-state index is 8.97. The zero-order chi connectivity index (χ0) is 12.7. The van der Waals surface area contributed by atoms with E-state index in [2.05, 4.69) is 24.8 Å². The Kier molecular flexibility index (Phi) is 5.97. The van der Waals surface area contributed by atoms with Crippen molar-refractivity contribution < 1.29 is 9.84 Å². The molecular formula is C15H26O2. The van der Waals surface area contributed by atoms with Gasteiger partial charge in [-0.05, 0) is 63.5 Å². The molecule has 98 valence electrons. The van der Waals surface area contributed by atoms with E-state index in [1.807, 2.05) is 13.8 Å². The van der Waals surface area contributed by atoms with Gasteiger partial charge < -0.3 is 9.84 Å². The zero-order valence-electron chi connectivity index (χ0n) is 11.4. The van der Waals surface area contributed by atoms with Crippen LogP contribution in [0, 0.1) is 11.8 Å². The van der Waals surface area contributed by atoms with Crippen molar-refractivity contribution in [3.8, 4) is 0 Å². The minimum absolute atomic E-state index is 0.190. The molecule has 0 aromatic heterocycles. The molecule has 2 nitrogen and oxygen atoms in total. The second-order valence-corrected chi connectivity index (χ2v) is 5.67. The third kappa shape index (κ3) is 5.54. The number of aliphatic hydroxyl groups excluding tert-OH is 1. The summed E-state index contributed by atoms with van der Waals surface area (Å²) in [6, 6.07) is 0. The van der Waals surface area contributed by atoms with E-state index in [0.29, 0.717) is 18.3 Å². The molecule has 0 amide bonds. The maximum absolute atomic E-state index is 8.97. The summed E-state index contributed by atoms with van der Waals surface area (Å²) in [4.78, 5) is 0. The van der Waals surface area contributed by atoms with Crippen molar-refractivity contribution in [1.82, 2.24) is 0 Å². The van der Waals surface area contributed by atoms with Gasteiger partial charge in [-0.15, -0.1) is 5.73 Å². The summed E-state index contributed by atoms with van der Waals surface area (Å²) in [5, 5.41) is 8.97. The Morgan fingerprint density at radius 3 is 2.88 bits per heavy atom. The Bertz CT molecular complexity index is 275. The van der Waals surface area contributed by atoms with E-state index < -0.39 is 0 Å². The summed E-state index contributed by atoms with van der Waals surface area (Å²) in [5.41, 5.74) is 3.00. The van der Waals surface area contributed by atoms with Crippen LogP contribution in [-0.2, 0) is 4.74 Å². The third-order valence-corrected chi connectivity index (χ3v) is 3.63. The second-order valence-electron chi connectivity index (χ2n) is 5.67. The molecule has 0 heterocycles. The highest BCUT2D eigenvalue weighted by Gasteiger charge is 2.22. The summed E-state index contributed by atoms with van der Waals surface area (Å²) >= 11 is 0. The average molecular weight is 238 g/mol. The molecule has 1 aliphatic rings. The van der Waals surface area contributed by atoms with Gasteiger partial charge in [-0.1, -0.05) is 6.92 Å². The highest BCUT2D eigenvalue weighted by Crippen LogP contribution is 2.25. The number of rotatable bonds is 5. The summed E-state index contributed by atoms with van der Waals surface area (Å²) in [6.07, 6.45) is 8.34. The Labute approximate surface area is 105 Å². The van der Waals surface area contributed by atoms with Crippen molar-refractivity contribution in [3.63, 3.8) is 0 Å². The van der Waals surface area contributed by atoms with E-state index in [1.165, 1.54) is 6.42 Å². The van der Waals surface area contributed by atoms with Gasteiger partial charge in [0.05, 0.1) is 12.2 Å². The van der Waals surface area contributed by atoms with Gasteiger partial charge in [0, 0.05) is 6.61 Å². The number of aliphatic hydroxyl groups is 1. The van der Waals surface area contributed by atoms with Crippen molar-refractivity contribution >= 4 is 0 Å². The minimum Gasteiger partial charge on any atom is -0.396 e. The third-order valence-electron chi connectivity index (χ3n) is 3.63. The Hall–Kier alpha value is -0.560. The van der Waals surface area contributed by atoms with E-state index in [4.69, 9.17) is 9.84 Å². The molecule has 0 aliphatic heterocycles. The molecule has 0 radical (unpaired) electrons. The molecule has 0 saturated carbocycles. The van der Waals surface area contributed by atoms with Gasteiger partial charge >= 0.3 is 0 Å². The largest absolute Gasteiger partial charge is 0.396 e. The van der Waals surface area contributed by atoms with Gasteiger partial charge in [-0.2, -0.15) is 0 Å². The lowest BCUT2D eigenvalue weighted by atomic mass is 9.87. The summed E-state index contributed by atoms with van der Waals surface area (Å²) in [6.45, 7) is 7.38. The van der Waals surface area contributed by atoms with E-state index in [9.17, 15) is 0 Å². The first kappa shape index (κ1) is 14.5. The smallest absolute Gasteiger partial charge is 0.0648 e. The highest BCUT2D eigenvalue weighted by atomic mass is 16.5. The second kappa shape index (κ2) is 7.00. The zero-order valence-corrected chi connectivity index (χ0v) is 11.4. The maximum Gasteiger partial charge on any atom is 0.0648 e. The molecule has 0 aromatic rings. The van der Waals surface area contributed by atoms with E-state index in [-0.39, 0.29) is 12.2 Å². The Morgan fingerprint density at radius 2 is 2.18 bits per heavy atom. The predicted octanol–water partition coefficient (Wildman–Crippen LogP) is 3.31. The minimum atomic E-state index is -0.212. The van der Waals surface area contributed by atoms with Crippen LogP contribution in [0.3, 0.4) is 0 Å². The lowest BCUT2D eigenvalue weighted by Gasteiger charge is -2.30. The van der Waals surface area contributed by atoms with Crippen molar-refractivity contribution in [3.05, 3.63) is 17.9 Å². The average Bonchev–Trinajstić information content (AvgIpc) is 2.23. The van der Waals surface area contributed by atoms with Gasteiger partial charge in [-0.25, -0.2) is 0 Å².